The second kappa shape index (κ2) is 7.43. The summed E-state index contributed by atoms with van der Waals surface area (Å²) in [7, 11) is 0. The van der Waals surface area contributed by atoms with Crippen molar-refractivity contribution in [2.24, 2.45) is 0 Å². The number of allylic oxidation sites excluding steroid dienone is 2. The molecule has 5 nitrogen and oxygen atoms in total. The van der Waals surface area contributed by atoms with Crippen LogP contribution in [0.3, 0.4) is 0 Å². The van der Waals surface area contributed by atoms with Crippen LogP contribution in [0.5, 0.6) is 5.75 Å². The van der Waals surface area contributed by atoms with Gasteiger partial charge in [0, 0.05) is 46.1 Å². The number of hydrogen-bond acceptors (Lipinski definition) is 4. The van der Waals surface area contributed by atoms with Gasteiger partial charge in [0.1, 0.15) is 12.4 Å². The Hall–Kier alpha value is -3.86. The van der Waals surface area contributed by atoms with Gasteiger partial charge in [-0.3, -0.25) is 9.67 Å². The Kier molecular flexibility index (Phi) is 4.59. The number of nitrogen functional groups attached to an aromatic ring is 1. The Balaban J connectivity index is 1.87. The summed E-state index contributed by atoms with van der Waals surface area (Å²) in [4.78, 5) is 4.61. The lowest BCUT2D eigenvalue weighted by Gasteiger charge is -2.16. The van der Waals surface area contributed by atoms with Gasteiger partial charge < -0.3 is 10.5 Å². The summed E-state index contributed by atoms with van der Waals surface area (Å²) in [5.74, 6) is 0.811. The SMILES string of the molecule is C=C/C(=C1\c2cc3cnn(C(C)C)c3cc2OCc2ncccc21)c1cccc(N)c1. The van der Waals surface area contributed by atoms with Gasteiger partial charge in [0.15, 0.2) is 0 Å². The highest BCUT2D eigenvalue weighted by Crippen LogP contribution is 2.43. The minimum Gasteiger partial charge on any atom is -0.487 e. The number of pyridine rings is 1. The largest absolute Gasteiger partial charge is 0.487 e. The predicted molar refractivity (Wildman–Crippen MR) is 126 cm³/mol. The van der Waals surface area contributed by atoms with Crippen LogP contribution >= 0.6 is 0 Å². The van der Waals surface area contributed by atoms with Crippen LogP contribution in [0.25, 0.3) is 22.0 Å². The number of benzene rings is 2. The van der Waals surface area contributed by atoms with Crippen LogP contribution < -0.4 is 10.5 Å². The normalized spacial score (nSPS) is 14.5. The van der Waals surface area contributed by atoms with Crippen molar-refractivity contribution in [1.82, 2.24) is 14.8 Å². The fourth-order valence-corrected chi connectivity index (χ4v) is 4.23. The lowest BCUT2D eigenvalue weighted by atomic mass is 9.88. The average molecular weight is 409 g/mol. The number of rotatable bonds is 3. The lowest BCUT2D eigenvalue weighted by Crippen LogP contribution is -2.02. The molecule has 0 atom stereocenters. The summed E-state index contributed by atoms with van der Waals surface area (Å²) in [6.07, 6.45) is 5.60. The fourth-order valence-electron chi connectivity index (χ4n) is 4.23. The summed E-state index contributed by atoms with van der Waals surface area (Å²) >= 11 is 0. The lowest BCUT2D eigenvalue weighted by molar-refractivity contribution is 0.302. The molecule has 1 aliphatic heterocycles. The van der Waals surface area contributed by atoms with E-state index in [0.717, 1.165) is 50.2 Å². The molecule has 31 heavy (non-hydrogen) atoms. The highest BCUT2D eigenvalue weighted by Gasteiger charge is 2.24. The molecule has 0 aliphatic carbocycles. The van der Waals surface area contributed by atoms with E-state index in [1.165, 1.54) is 0 Å². The number of hydrogen-bond donors (Lipinski definition) is 1. The van der Waals surface area contributed by atoms with Crippen molar-refractivity contribution in [2.45, 2.75) is 26.5 Å². The van der Waals surface area contributed by atoms with E-state index in [1.807, 2.05) is 41.2 Å². The molecule has 0 radical (unpaired) electrons. The van der Waals surface area contributed by atoms with Crippen molar-refractivity contribution >= 4 is 27.7 Å². The van der Waals surface area contributed by atoms with Gasteiger partial charge in [0.25, 0.3) is 0 Å². The summed E-state index contributed by atoms with van der Waals surface area (Å²) in [6.45, 7) is 8.78. The minimum absolute atomic E-state index is 0.256. The second-order valence-corrected chi connectivity index (χ2v) is 7.99. The zero-order chi connectivity index (χ0) is 21.5. The molecule has 2 aromatic heterocycles. The highest BCUT2D eigenvalue weighted by molar-refractivity contribution is 6.05. The van der Waals surface area contributed by atoms with Gasteiger partial charge in [0.2, 0.25) is 0 Å². The van der Waals surface area contributed by atoms with Gasteiger partial charge in [-0.2, -0.15) is 5.10 Å². The first-order valence-electron chi connectivity index (χ1n) is 10.4. The molecule has 0 saturated heterocycles. The summed E-state index contributed by atoms with van der Waals surface area (Å²) in [5.41, 5.74) is 13.8. The molecule has 0 bridgehead atoms. The average Bonchev–Trinajstić information content (AvgIpc) is 3.12. The Labute approximate surface area is 181 Å². The fraction of sp³-hybridized carbons (Fsp3) is 0.154. The van der Waals surface area contributed by atoms with E-state index in [1.54, 1.807) is 6.20 Å². The number of fused-ring (bicyclic) bond motifs is 3. The van der Waals surface area contributed by atoms with Gasteiger partial charge in [-0.15, -0.1) is 0 Å². The van der Waals surface area contributed by atoms with Gasteiger partial charge in [-0.05, 0) is 49.2 Å². The quantitative estimate of drug-likeness (QED) is 0.446. The zero-order valence-corrected chi connectivity index (χ0v) is 17.7. The number of aromatic nitrogens is 3. The number of anilines is 1. The van der Waals surface area contributed by atoms with E-state index >= 15 is 0 Å². The van der Waals surface area contributed by atoms with E-state index in [2.05, 4.69) is 54.8 Å². The van der Waals surface area contributed by atoms with Crippen LogP contribution in [0.15, 0.2) is 73.6 Å². The maximum Gasteiger partial charge on any atom is 0.131 e. The van der Waals surface area contributed by atoms with Crippen molar-refractivity contribution in [1.29, 1.82) is 0 Å². The molecule has 5 rings (SSSR count). The van der Waals surface area contributed by atoms with Crippen LogP contribution in [-0.4, -0.2) is 14.8 Å². The molecule has 0 spiro atoms. The monoisotopic (exact) mass is 408 g/mol. The predicted octanol–water partition coefficient (Wildman–Crippen LogP) is 5.63. The second-order valence-electron chi connectivity index (χ2n) is 7.99. The van der Waals surface area contributed by atoms with E-state index in [4.69, 9.17) is 10.5 Å². The van der Waals surface area contributed by atoms with Crippen molar-refractivity contribution in [3.05, 3.63) is 96.0 Å². The molecule has 0 saturated carbocycles. The van der Waals surface area contributed by atoms with Crippen molar-refractivity contribution in [3.8, 4) is 5.75 Å². The van der Waals surface area contributed by atoms with E-state index in [-0.39, 0.29) is 6.04 Å². The molecular formula is C26H24N4O. The van der Waals surface area contributed by atoms with E-state index in [0.29, 0.717) is 12.3 Å². The number of nitrogens with two attached hydrogens (primary N) is 1. The number of ether oxygens (including phenoxy) is 1. The Morgan fingerprint density at radius 1 is 1.16 bits per heavy atom. The Bertz CT molecular complexity index is 1350. The van der Waals surface area contributed by atoms with E-state index < -0.39 is 0 Å². The molecule has 4 aromatic rings. The molecule has 2 aromatic carbocycles. The minimum atomic E-state index is 0.256. The maximum absolute atomic E-state index is 6.27. The van der Waals surface area contributed by atoms with Gasteiger partial charge >= 0.3 is 0 Å². The van der Waals surface area contributed by atoms with Crippen LogP contribution in [0.1, 0.15) is 42.3 Å². The molecule has 2 N–H and O–H groups in total. The standard InChI is InChI=1S/C26H24N4O/c1-4-20(17-7-5-8-19(27)11-17)26-21-9-6-10-28-23(21)15-31-25-13-24-18(12-22(25)26)14-29-30(24)16(2)3/h4-14,16H,1,15,27H2,2-3H3/b26-20+. The van der Waals surface area contributed by atoms with Gasteiger partial charge in [-0.25, -0.2) is 0 Å². The topological polar surface area (TPSA) is 66.0 Å². The smallest absolute Gasteiger partial charge is 0.131 e. The van der Waals surface area contributed by atoms with Crippen molar-refractivity contribution in [3.63, 3.8) is 0 Å². The van der Waals surface area contributed by atoms with Crippen LogP contribution in [-0.2, 0) is 6.61 Å². The summed E-state index contributed by atoms with van der Waals surface area (Å²) < 4.78 is 8.29. The molecular weight excluding hydrogens is 384 g/mol. The Morgan fingerprint density at radius 3 is 2.81 bits per heavy atom. The van der Waals surface area contributed by atoms with Gasteiger partial charge in [-0.1, -0.05) is 30.9 Å². The summed E-state index contributed by atoms with van der Waals surface area (Å²) in [5, 5.41) is 5.66. The van der Waals surface area contributed by atoms with E-state index in [9.17, 15) is 0 Å². The summed E-state index contributed by atoms with van der Waals surface area (Å²) in [6, 6.07) is 16.4. The first-order chi connectivity index (χ1) is 15.1. The first kappa shape index (κ1) is 19.1. The molecule has 3 heterocycles. The third-order valence-electron chi connectivity index (χ3n) is 5.65. The highest BCUT2D eigenvalue weighted by atomic mass is 16.5. The molecule has 154 valence electrons. The van der Waals surface area contributed by atoms with Crippen LogP contribution in [0.4, 0.5) is 5.69 Å². The third-order valence-corrected chi connectivity index (χ3v) is 5.65. The molecule has 0 amide bonds. The first-order valence-corrected chi connectivity index (χ1v) is 10.4. The zero-order valence-electron chi connectivity index (χ0n) is 17.7. The van der Waals surface area contributed by atoms with Gasteiger partial charge in [0.05, 0.1) is 17.4 Å². The molecule has 0 fully saturated rings. The van der Waals surface area contributed by atoms with Crippen LogP contribution in [0, 0.1) is 0 Å². The van der Waals surface area contributed by atoms with Crippen molar-refractivity contribution in [2.75, 3.05) is 5.73 Å². The van der Waals surface area contributed by atoms with Crippen molar-refractivity contribution < 1.29 is 4.74 Å². The third kappa shape index (κ3) is 3.19. The molecule has 1 aliphatic rings. The Morgan fingerprint density at radius 2 is 2.03 bits per heavy atom. The molecule has 5 heteroatoms. The van der Waals surface area contributed by atoms with Crippen LogP contribution in [0.2, 0.25) is 0 Å². The molecule has 0 unspecified atom stereocenters. The number of nitrogens with zero attached hydrogens (tertiary/aromatic N) is 3. The maximum atomic E-state index is 6.27.